The molecule has 0 bridgehead atoms. The highest BCUT2D eigenvalue weighted by atomic mass is 32.2. The quantitative estimate of drug-likeness (QED) is 0.717. The Kier molecular flexibility index (Phi) is 6.24. The highest BCUT2D eigenvalue weighted by Gasteiger charge is 2.31. The summed E-state index contributed by atoms with van der Waals surface area (Å²) in [4.78, 5) is 0.211. The third kappa shape index (κ3) is 4.30. The molecule has 8 heteroatoms. The summed E-state index contributed by atoms with van der Waals surface area (Å²) in [7, 11) is -5.81. The normalized spacial score (nSPS) is 19.0. The minimum atomic E-state index is -3.71. The van der Waals surface area contributed by atoms with Crippen molar-refractivity contribution in [2.45, 2.75) is 48.6 Å². The highest BCUT2D eigenvalue weighted by Crippen LogP contribution is 2.26. The monoisotopic (exact) mass is 422 g/mol. The first kappa shape index (κ1) is 21.0. The first-order chi connectivity index (χ1) is 13.2. The Labute approximate surface area is 167 Å². The first-order valence-electron chi connectivity index (χ1n) is 9.35. The van der Waals surface area contributed by atoms with Gasteiger partial charge in [0.05, 0.1) is 9.79 Å². The Morgan fingerprint density at radius 2 is 1.54 bits per heavy atom. The van der Waals surface area contributed by atoms with Crippen LogP contribution in [0.15, 0.2) is 64.4 Å². The molecular formula is C20H26N2O4S2. The summed E-state index contributed by atoms with van der Waals surface area (Å²) >= 11 is 0. The molecule has 0 unspecified atom stereocenters. The van der Waals surface area contributed by atoms with Crippen molar-refractivity contribution in [2.75, 3.05) is 13.6 Å². The molecule has 0 aliphatic carbocycles. The molecule has 0 saturated carbocycles. The van der Waals surface area contributed by atoms with Crippen LogP contribution in [0.5, 0.6) is 0 Å². The largest absolute Gasteiger partial charge is 0.243 e. The van der Waals surface area contributed by atoms with Gasteiger partial charge in [0.15, 0.2) is 0 Å². The van der Waals surface area contributed by atoms with Crippen LogP contribution in [0, 0.1) is 0 Å². The van der Waals surface area contributed by atoms with Gasteiger partial charge in [0, 0.05) is 26.2 Å². The SMILES string of the molecule is C[C@@H]1CCCCN1S(=O)(=O)c1ccc(S(=O)(=O)N(C)Cc2ccccc2)cc1. The molecule has 28 heavy (non-hydrogen) atoms. The van der Waals surface area contributed by atoms with Gasteiger partial charge in [-0.3, -0.25) is 0 Å². The first-order valence-corrected chi connectivity index (χ1v) is 12.2. The van der Waals surface area contributed by atoms with Gasteiger partial charge in [-0.2, -0.15) is 8.61 Å². The van der Waals surface area contributed by atoms with Crippen molar-refractivity contribution in [1.82, 2.24) is 8.61 Å². The van der Waals surface area contributed by atoms with Crippen LogP contribution in [-0.2, 0) is 26.6 Å². The molecule has 1 atom stereocenters. The number of hydrogen-bond donors (Lipinski definition) is 0. The number of benzene rings is 2. The van der Waals surface area contributed by atoms with Crippen LogP contribution in [0.2, 0.25) is 0 Å². The van der Waals surface area contributed by atoms with E-state index in [1.807, 2.05) is 37.3 Å². The molecule has 0 N–H and O–H groups in total. The van der Waals surface area contributed by atoms with Gasteiger partial charge in [-0.1, -0.05) is 36.8 Å². The lowest BCUT2D eigenvalue weighted by atomic mass is 10.1. The van der Waals surface area contributed by atoms with Crippen LogP contribution in [0.1, 0.15) is 31.7 Å². The Bertz CT molecular complexity index is 1000. The van der Waals surface area contributed by atoms with E-state index in [9.17, 15) is 16.8 Å². The molecule has 2 aromatic rings. The highest BCUT2D eigenvalue weighted by molar-refractivity contribution is 7.89. The molecule has 3 rings (SSSR count). The van der Waals surface area contributed by atoms with Gasteiger partial charge in [-0.15, -0.1) is 0 Å². The van der Waals surface area contributed by atoms with Crippen molar-refractivity contribution in [3.05, 3.63) is 60.2 Å². The average molecular weight is 423 g/mol. The van der Waals surface area contributed by atoms with E-state index in [0.717, 1.165) is 24.8 Å². The van der Waals surface area contributed by atoms with Crippen LogP contribution in [0.4, 0.5) is 0 Å². The molecule has 0 amide bonds. The van der Waals surface area contributed by atoms with Gasteiger partial charge in [0.1, 0.15) is 0 Å². The van der Waals surface area contributed by atoms with Gasteiger partial charge in [-0.25, -0.2) is 16.8 Å². The van der Waals surface area contributed by atoms with Crippen molar-refractivity contribution in [1.29, 1.82) is 0 Å². The average Bonchev–Trinajstić information content (AvgIpc) is 2.69. The summed E-state index contributed by atoms with van der Waals surface area (Å²) in [5, 5.41) is 0. The fourth-order valence-corrected chi connectivity index (χ4v) is 6.31. The maximum absolute atomic E-state index is 12.9. The predicted molar refractivity (Wildman–Crippen MR) is 109 cm³/mol. The van der Waals surface area contributed by atoms with Crippen molar-refractivity contribution >= 4 is 20.0 Å². The van der Waals surface area contributed by atoms with Gasteiger partial charge >= 0.3 is 0 Å². The number of sulfonamides is 2. The zero-order valence-electron chi connectivity index (χ0n) is 16.2. The molecule has 1 fully saturated rings. The van der Waals surface area contributed by atoms with Crippen LogP contribution >= 0.6 is 0 Å². The van der Waals surface area contributed by atoms with E-state index in [-0.39, 0.29) is 22.4 Å². The molecule has 0 radical (unpaired) electrons. The second-order valence-corrected chi connectivity index (χ2v) is 11.1. The summed E-state index contributed by atoms with van der Waals surface area (Å²) in [5.74, 6) is 0. The van der Waals surface area contributed by atoms with E-state index in [4.69, 9.17) is 0 Å². The van der Waals surface area contributed by atoms with Crippen molar-refractivity contribution in [3.63, 3.8) is 0 Å². The van der Waals surface area contributed by atoms with Gasteiger partial charge in [0.25, 0.3) is 0 Å². The zero-order valence-corrected chi connectivity index (χ0v) is 17.8. The number of piperidine rings is 1. The molecule has 1 heterocycles. The molecule has 1 aliphatic rings. The molecular weight excluding hydrogens is 396 g/mol. The lowest BCUT2D eigenvalue weighted by molar-refractivity contribution is 0.268. The Morgan fingerprint density at radius 1 is 0.929 bits per heavy atom. The maximum Gasteiger partial charge on any atom is 0.243 e. The number of rotatable bonds is 6. The van der Waals surface area contributed by atoms with Crippen molar-refractivity contribution in [2.24, 2.45) is 0 Å². The number of nitrogens with zero attached hydrogens (tertiary/aromatic N) is 2. The summed E-state index contributed by atoms with van der Waals surface area (Å²) in [5.41, 5.74) is 0.881. The Balaban J connectivity index is 1.81. The predicted octanol–water partition coefficient (Wildman–Crippen LogP) is 3.07. The van der Waals surface area contributed by atoms with Crippen molar-refractivity contribution < 1.29 is 16.8 Å². The van der Waals surface area contributed by atoms with Crippen LogP contribution in [0.25, 0.3) is 0 Å². The van der Waals surface area contributed by atoms with Crippen LogP contribution in [0.3, 0.4) is 0 Å². The number of hydrogen-bond acceptors (Lipinski definition) is 4. The zero-order chi connectivity index (χ0) is 20.4. The lowest BCUT2D eigenvalue weighted by Crippen LogP contribution is -2.41. The molecule has 1 saturated heterocycles. The second-order valence-electron chi connectivity index (χ2n) is 7.18. The molecule has 2 aromatic carbocycles. The van der Waals surface area contributed by atoms with Crippen LogP contribution < -0.4 is 0 Å². The Hall–Kier alpha value is -1.74. The van der Waals surface area contributed by atoms with Gasteiger partial charge < -0.3 is 0 Å². The van der Waals surface area contributed by atoms with E-state index < -0.39 is 20.0 Å². The lowest BCUT2D eigenvalue weighted by Gasteiger charge is -2.32. The summed E-state index contributed by atoms with van der Waals surface area (Å²) in [6.45, 7) is 2.66. The molecule has 0 aromatic heterocycles. The van der Waals surface area contributed by atoms with Crippen molar-refractivity contribution in [3.8, 4) is 0 Å². The topological polar surface area (TPSA) is 74.8 Å². The second kappa shape index (κ2) is 8.32. The summed E-state index contributed by atoms with van der Waals surface area (Å²) < 4.78 is 54.2. The standard InChI is InChI=1S/C20H26N2O4S2/c1-17-8-6-7-15-22(17)28(25,26)20-13-11-19(12-14-20)27(23,24)21(2)16-18-9-4-3-5-10-18/h3-5,9-14,17H,6-8,15-16H2,1-2H3/t17-/m1/s1. The third-order valence-corrected chi connectivity index (χ3v) is 8.97. The summed E-state index contributed by atoms with van der Waals surface area (Å²) in [6, 6.07) is 14.8. The third-order valence-electron chi connectivity index (χ3n) is 5.13. The molecule has 1 aliphatic heterocycles. The van der Waals surface area contributed by atoms with E-state index in [2.05, 4.69) is 0 Å². The molecule has 6 nitrogen and oxygen atoms in total. The van der Waals surface area contributed by atoms with E-state index in [1.165, 1.54) is 39.9 Å². The fourth-order valence-electron chi connectivity index (χ4n) is 3.45. The van der Waals surface area contributed by atoms with Crippen LogP contribution in [-0.4, -0.2) is 45.1 Å². The van der Waals surface area contributed by atoms with E-state index in [1.54, 1.807) is 0 Å². The molecule has 0 spiro atoms. The minimum Gasteiger partial charge on any atom is -0.207 e. The van der Waals surface area contributed by atoms with E-state index in [0.29, 0.717) is 6.54 Å². The van der Waals surface area contributed by atoms with Gasteiger partial charge in [0.2, 0.25) is 20.0 Å². The fraction of sp³-hybridized carbons (Fsp3) is 0.400. The summed E-state index contributed by atoms with van der Waals surface area (Å²) in [6.07, 6.45) is 2.72. The Morgan fingerprint density at radius 3 is 2.14 bits per heavy atom. The minimum absolute atomic E-state index is 0.0424. The maximum atomic E-state index is 12.9. The smallest absolute Gasteiger partial charge is 0.207 e. The molecule has 152 valence electrons. The van der Waals surface area contributed by atoms with E-state index >= 15 is 0 Å². The van der Waals surface area contributed by atoms with Gasteiger partial charge in [-0.05, 0) is 49.6 Å².